The highest BCUT2D eigenvalue weighted by Crippen LogP contribution is 2.22. The van der Waals surface area contributed by atoms with Gasteiger partial charge in [0.25, 0.3) is 0 Å². The molecule has 1 fully saturated rings. The van der Waals surface area contributed by atoms with E-state index < -0.39 is 30.6 Å². The van der Waals surface area contributed by atoms with E-state index >= 15 is 0 Å². The van der Waals surface area contributed by atoms with Gasteiger partial charge in [0.1, 0.15) is 6.04 Å². The van der Waals surface area contributed by atoms with E-state index in [0.717, 1.165) is 4.90 Å². The highest BCUT2D eigenvalue weighted by molar-refractivity contribution is 5.83. The first-order valence-corrected chi connectivity index (χ1v) is 4.35. The average molecular weight is 223 g/mol. The lowest BCUT2D eigenvalue weighted by molar-refractivity contribution is -0.160. The zero-order chi connectivity index (χ0) is 11.6. The Kier molecular flexibility index (Phi) is 3.57. The first-order chi connectivity index (χ1) is 6.91. The lowest BCUT2D eigenvalue weighted by atomic mass is 10.2. The third-order valence-electron chi connectivity index (χ3n) is 2.25. The number of carboxylic acid groups (broad SMARTS) is 1. The number of amides is 1. The van der Waals surface area contributed by atoms with Crippen LogP contribution in [-0.4, -0.2) is 47.2 Å². The molecule has 0 spiro atoms. The van der Waals surface area contributed by atoms with Crippen LogP contribution in [0.4, 0.5) is 8.78 Å². The minimum Gasteiger partial charge on any atom is -0.480 e. The average Bonchev–Trinajstić information content (AvgIpc) is 2.46. The molecule has 0 aromatic rings. The van der Waals surface area contributed by atoms with Crippen molar-refractivity contribution in [2.75, 3.05) is 6.54 Å². The van der Waals surface area contributed by atoms with Gasteiger partial charge in [-0.25, -0.2) is 4.79 Å². The van der Waals surface area contributed by atoms with Gasteiger partial charge in [0.2, 0.25) is 5.91 Å². The number of likely N-dealkylation sites (tertiary alicyclic amines) is 1. The summed E-state index contributed by atoms with van der Waals surface area (Å²) in [6.07, 6.45) is -1.01. The molecule has 0 unspecified atom stereocenters. The molecule has 1 aliphatic heterocycles. The molecule has 86 valence electrons. The standard InChI is InChI=1S/C8H11F2NO4/c1-4(12)11-3-5(15-8(9)10)2-6(11)7(13)14/h5-6,8H,2-3H2,1H3,(H,13,14)/t5-,6-/m0/s1. The summed E-state index contributed by atoms with van der Waals surface area (Å²) < 4.78 is 27.9. The Morgan fingerprint density at radius 1 is 1.53 bits per heavy atom. The fourth-order valence-electron chi connectivity index (χ4n) is 1.62. The maximum atomic E-state index is 11.9. The van der Waals surface area contributed by atoms with Crippen LogP contribution < -0.4 is 0 Å². The Bertz CT molecular complexity index is 249. The molecule has 1 heterocycles. The molecule has 5 nitrogen and oxygen atoms in total. The molecule has 0 aromatic carbocycles. The van der Waals surface area contributed by atoms with E-state index in [-0.39, 0.29) is 13.0 Å². The number of rotatable bonds is 3. The second-order valence-electron chi connectivity index (χ2n) is 3.28. The van der Waals surface area contributed by atoms with Gasteiger partial charge in [0.05, 0.1) is 6.10 Å². The van der Waals surface area contributed by atoms with Gasteiger partial charge < -0.3 is 14.7 Å². The molecule has 1 rings (SSSR count). The van der Waals surface area contributed by atoms with Crippen LogP contribution in [0.1, 0.15) is 13.3 Å². The molecule has 1 N–H and O–H groups in total. The number of carbonyl (C=O) groups excluding carboxylic acids is 1. The number of alkyl halides is 2. The van der Waals surface area contributed by atoms with Crippen molar-refractivity contribution in [3.63, 3.8) is 0 Å². The van der Waals surface area contributed by atoms with Gasteiger partial charge in [-0.15, -0.1) is 0 Å². The van der Waals surface area contributed by atoms with Crippen LogP contribution in [0.5, 0.6) is 0 Å². The van der Waals surface area contributed by atoms with Gasteiger partial charge in [-0.1, -0.05) is 0 Å². The smallest absolute Gasteiger partial charge is 0.345 e. The summed E-state index contributed by atoms with van der Waals surface area (Å²) >= 11 is 0. The molecule has 0 radical (unpaired) electrons. The molecule has 0 saturated carbocycles. The Hall–Kier alpha value is -1.24. The van der Waals surface area contributed by atoms with Crippen LogP contribution in [0.15, 0.2) is 0 Å². The lowest BCUT2D eigenvalue weighted by Crippen LogP contribution is -2.39. The van der Waals surface area contributed by atoms with Crippen LogP contribution in [0.2, 0.25) is 0 Å². The van der Waals surface area contributed by atoms with Crippen LogP contribution in [0.3, 0.4) is 0 Å². The van der Waals surface area contributed by atoms with Crippen molar-refractivity contribution < 1.29 is 28.2 Å². The molecule has 2 atom stereocenters. The number of ether oxygens (including phenoxy) is 1. The second kappa shape index (κ2) is 4.52. The number of carboxylic acids is 1. The molecule has 1 amide bonds. The topological polar surface area (TPSA) is 66.8 Å². The van der Waals surface area contributed by atoms with E-state index in [2.05, 4.69) is 4.74 Å². The number of hydrogen-bond acceptors (Lipinski definition) is 3. The maximum absolute atomic E-state index is 11.9. The van der Waals surface area contributed by atoms with Gasteiger partial charge in [-0.3, -0.25) is 4.79 Å². The molecule has 1 saturated heterocycles. The van der Waals surface area contributed by atoms with Crippen LogP contribution in [-0.2, 0) is 14.3 Å². The predicted octanol–water partition coefficient (Wildman–Crippen LogP) is 0.300. The second-order valence-corrected chi connectivity index (χ2v) is 3.28. The van der Waals surface area contributed by atoms with Gasteiger partial charge in [-0.2, -0.15) is 8.78 Å². The van der Waals surface area contributed by atoms with E-state index in [1.807, 2.05) is 0 Å². The van der Waals surface area contributed by atoms with E-state index in [9.17, 15) is 18.4 Å². The highest BCUT2D eigenvalue weighted by Gasteiger charge is 2.39. The highest BCUT2D eigenvalue weighted by atomic mass is 19.3. The zero-order valence-corrected chi connectivity index (χ0v) is 8.02. The van der Waals surface area contributed by atoms with Crippen molar-refractivity contribution in [1.29, 1.82) is 0 Å². The van der Waals surface area contributed by atoms with Crippen molar-refractivity contribution in [3.05, 3.63) is 0 Å². The summed E-state index contributed by atoms with van der Waals surface area (Å²) in [7, 11) is 0. The Balaban J connectivity index is 2.65. The first-order valence-electron chi connectivity index (χ1n) is 4.35. The molecule has 15 heavy (non-hydrogen) atoms. The van der Waals surface area contributed by atoms with Gasteiger partial charge >= 0.3 is 12.6 Å². The van der Waals surface area contributed by atoms with E-state index in [1.54, 1.807) is 0 Å². The Morgan fingerprint density at radius 2 is 2.13 bits per heavy atom. The quantitative estimate of drug-likeness (QED) is 0.747. The minimum atomic E-state index is -2.95. The number of nitrogens with zero attached hydrogens (tertiary/aromatic N) is 1. The molecular formula is C8H11F2NO4. The molecule has 0 aromatic heterocycles. The van der Waals surface area contributed by atoms with Crippen LogP contribution >= 0.6 is 0 Å². The predicted molar refractivity (Wildman–Crippen MR) is 44.3 cm³/mol. The Labute approximate surface area is 84.6 Å². The zero-order valence-electron chi connectivity index (χ0n) is 8.02. The van der Waals surface area contributed by atoms with Crippen molar-refractivity contribution in [2.24, 2.45) is 0 Å². The first kappa shape index (κ1) is 11.8. The largest absolute Gasteiger partial charge is 0.480 e. The van der Waals surface area contributed by atoms with Crippen LogP contribution in [0, 0.1) is 0 Å². The third kappa shape index (κ3) is 2.85. The van der Waals surface area contributed by atoms with E-state index in [0.29, 0.717) is 0 Å². The Morgan fingerprint density at radius 3 is 2.47 bits per heavy atom. The fourth-order valence-corrected chi connectivity index (χ4v) is 1.62. The van der Waals surface area contributed by atoms with E-state index in [4.69, 9.17) is 5.11 Å². The summed E-state index contributed by atoms with van der Waals surface area (Å²) in [6, 6.07) is -1.06. The number of carbonyl (C=O) groups is 2. The van der Waals surface area contributed by atoms with Crippen LogP contribution in [0.25, 0.3) is 0 Å². The summed E-state index contributed by atoms with van der Waals surface area (Å²) in [6.45, 7) is -1.85. The monoisotopic (exact) mass is 223 g/mol. The molecule has 0 bridgehead atoms. The summed E-state index contributed by atoms with van der Waals surface area (Å²) in [5, 5.41) is 8.75. The van der Waals surface area contributed by atoms with Crippen molar-refractivity contribution >= 4 is 11.9 Å². The van der Waals surface area contributed by atoms with Gasteiger partial charge in [0, 0.05) is 19.9 Å². The van der Waals surface area contributed by atoms with Crippen molar-refractivity contribution in [3.8, 4) is 0 Å². The van der Waals surface area contributed by atoms with Crippen molar-refractivity contribution in [1.82, 2.24) is 4.90 Å². The lowest BCUT2D eigenvalue weighted by Gasteiger charge is -2.18. The fraction of sp³-hybridized carbons (Fsp3) is 0.750. The summed E-state index contributed by atoms with van der Waals surface area (Å²) in [5.74, 6) is -1.66. The maximum Gasteiger partial charge on any atom is 0.345 e. The molecular weight excluding hydrogens is 212 g/mol. The van der Waals surface area contributed by atoms with E-state index in [1.165, 1.54) is 6.92 Å². The summed E-state index contributed by atoms with van der Waals surface area (Å²) in [4.78, 5) is 22.7. The SMILES string of the molecule is CC(=O)N1C[C@@H](OC(F)F)C[C@H]1C(=O)O. The minimum absolute atomic E-state index is 0.0980. The number of halogens is 2. The number of aliphatic carboxylic acids is 1. The molecule has 7 heteroatoms. The molecule has 1 aliphatic rings. The van der Waals surface area contributed by atoms with Crippen molar-refractivity contribution in [2.45, 2.75) is 32.1 Å². The molecule has 0 aliphatic carbocycles. The van der Waals surface area contributed by atoms with Gasteiger partial charge in [-0.05, 0) is 0 Å². The normalized spacial score (nSPS) is 26.0. The number of hydrogen-bond donors (Lipinski definition) is 1. The van der Waals surface area contributed by atoms with Gasteiger partial charge in [0.15, 0.2) is 0 Å². The third-order valence-corrected chi connectivity index (χ3v) is 2.25. The summed E-state index contributed by atoms with van der Waals surface area (Å²) in [5.41, 5.74) is 0.